The Balaban J connectivity index is 1.59. The molecule has 2 fully saturated rings. The van der Waals surface area contributed by atoms with Crippen molar-refractivity contribution in [3.63, 3.8) is 0 Å². The summed E-state index contributed by atoms with van der Waals surface area (Å²) >= 11 is 0. The molecule has 2 bridgehead atoms. The van der Waals surface area contributed by atoms with Crippen molar-refractivity contribution >= 4 is 12.1 Å². The van der Waals surface area contributed by atoms with E-state index in [4.69, 9.17) is 4.74 Å². The monoisotopic (exact) mass is 303 g/mol. The van der Waals surface area contributed by atoms with Crippen LogP contribution in [-0.2, 0) is 16.1 Å². The number of hydrogen-bond acceptors (Lipinski definition) is 3. The smallest absolute Gasteiger partial charge is 0.407 e. The molecule has 0 aliphatic heterocycles. The fourth-order valence-electron chi connectivity index (χ4n) is 3.93. The number of carboxylic acids is 1. The quantitative estimate of drug-likeness (QED) is 0.896. The third-order valence-electron chi connectivity index (χ3n) is 5.10. The van der Waals surface area contributed by atoms with Gasteiger partial charge in [0.15, 0.2) is 0 Å². The first-order chi connectivity index (χ1) is 10.5. The molecule has 118 valence electrons. The molecule has 2 aliphatic rings. The number of alkyl carbamates (subject to hydrolysis) is 1. The highest BCUT2D eigenvalue weighted by Crippen LogP contribution is 2.53. The average molecular weight is 303 g/mol. The molecule has 0 radical (unpaired) electrons. The van der Waals surface area contributed by atoms with Gasteiger partial charge in [-0.25, -0.2) is 4.79 Å². The summed E-state index contributed by atoms with van der Waals surface area (Å²) in [5.74, 6) is -0.728. The summed E-state index contributed by atoms with van der Waals surface area (Å²) in [4.78, 5) is 23.6. The van der Waals surface area contributed by atoms with Crippen molar-refractivity contribution in [1.82, 2.24) is 5.32 Å². The second kappa shape index (κ2) is 5.63. The van der Waals surface area contributed by atoms with Gasteiger partial charge < -0.3 is 15.2 Å². The van der Waals surface area contributed by atoms with E-state index in [9.17, 15) is 14.7 Å². The number of fused-ring (bicyclic) bond motifs is 2. The van der Waals surface area contributed by atoms with Crippen LogP contribution in [-0.4, -0.2) is 22.7 Å². The Bertz CT molecular complexity index is 573. The molecule has 0 aromatic heterocycles. The lowest BCUT2D eigenvalue weighted by Crippen LogP contribution is -2.50. The lowest BCUT2D eigenvalue weighted by atomic mass is 9.73. The number of rotatable bonds is 4. The minimum absolute atomic E-state index is 0.229. The third kappa shape index (κ3) is 2.80. The zero-order chi connectivity index (χ0) is 15.6. The molecule has 0 heterocycles. The summed E-state index contributed by atoms with van der Waals surface area (Å²) in [6.45, 7) is 0.229. The summed E-state index contributed by atoms with van der Waals surface area (Å²) in [5.41, 5.74) is -0.111. The first-order valence-electron chi connectivity index (χ1n) is 7.76. The molecule has 2 aliphatic carbocycles. The third-order valence-corrected chi connectivity index (χ3v) is 5.10. The van der Waals surface area contributed by atoms with E-state index in [0.717, 1.165) is 24.8 Å². The molecule has 1 aromatic rings. The van der Waals surface area contributed by atoms with Crippen LogP contribution in [0.15, 0.2) is 30.3 Å². The summed E-state index contributed by atoms with van der Waals surface area (Å²) in [6.07, 6.45) is 3.82. The van der Waals surface area contributed by atoms with Crippen molar-refractivity contribution in [3.8, 4) is 0 Å². The molecular weight excluding hydrogens is 282 g/mol. The SMILES string of the molecule is O=C(N[C@@]12CCC[C@@](C(=O)O)(CC1)C2)OCc1ccccc1. The van der Waals surface area contributed by atoms with Crippen molar-refractivity contribution < 1.29 is 19.4 Å². The van der Waals surface area contributed by atoms with Crippen molar-refractivity contribution in [2.45, 2.75) is 50.7 Å². The van der Waals surface area contributed by atoms with Crippen LogP contribution in [0.5, 0.6) is 0 Å². The number of carbonyl (C=O) groups excluding carboxylic acids is 1. The standard InChI is InChI=1S/C17H21NO4/c19-14(20)16-7-4-8-17(12-16,10-9-16)18-15(21)22-11-13-5-2-1-3-6-13/h1-3,5-6H,4,7-12H2,(H,18,21)(H,19,20)/t16-,17+/m1/s1. The van der Waals surface area contributed by atoms with Crippen LogP contribution in [0.25, 0.3) is 0 Å². The van der Waals surface area contributed by atoms with Gasteiger partial charge in [-0.1, -0.05) is 30.3 Å². The molecule has 0 spiro atoms. The predicted octanol–water partition coefficient (Wildman–Crippen LogP) is 3.09. The van der Waals surface area contributed by atoms with E-state index in [1.807, 2.05) is 30.3 Å². The van der Waals surface area contributed by atoms with Gasteiger partial charge in [-0.05, 0) is 44.1 Å². The first-order valence-corrected chi connectivity index (χ1v) is 7.76. The molecule has 0 unspecified atom stereocenters. The van der Waals surface area contributed by atoms with Crippen LogP contribution in [0.3, 0.4) is 0 Å². The van der Waals surface area contributed by atoms with Gasteiger partial charge >= 0.3 is 12.1 Å². The molecule has 3 rings (SSSR count). The second-order valence-electron chi connectivity index (χ2n) is 6.58. The topological polar surface area (TPSA) is 75.6 Å². The van der Waals surface area contributed by atoms with E-state index in [-0.39, 0.29) is 6.61 Å². The maximum atomic E-state index is 12.1. The van der Waals surface area contributed by atoms with Crippen LogP contribution in [0.2, 0.25) is 0 Å². The summed E-state index contributed by atoms with van der Waals surface area (Å²) in [5, 5.41) is 12.4. The van der Waals surface area contributed by atoms with Gasteiger partial charge in [0.1, 0.15) is 6.61 Å². The maximum absolute atomic E-state index is 12.1. The van der Waals surface area contributed by atoms with E-state index in [2.05, 4.69) is 5.32 Å². The normalized spacial score (nSPS) is 29.8. The highest BCUT2D eigenvalue weighted by Gasteiger charge is 2.55. The summed E-state index contributed by atoms with van der Waals surface area (Å²) in [7, 11) is 0. The largest absolute Gasteiger partial charge is 0.481 e. The highest BCUT2D eigenvalue weighted by atomic mass is 16.5. The Kier molecular flexibility index (Phi) is 3.81. The van der Waals surface area contributed by atoms with Gasteiger partial charge in [0.25, 0.3) is 0 Å². The van der Waals surface area contributed by atoms with Gasteiger partial charge in [-0.2, -0.15) is 0 Å². The maximum Gasteiger partial charge on any atom is 0.407 e. The fraction of sp³-hybridized carbons (Fsp3) is 0.529. The first kappa shape index (κ1) is 14.9. The Morgan fingerprint density at radius 3 is 2.64 bits per heavy atom. The lowest BCUT2D eigenvalue weighted by molar-refractivity contribution is -0.150. The molecule has 2 atom stereocenters. The average Bonchev–Trinajstić information content (AvgIpc) is 2.78. The zero-order valence-electron chi connectivity index (χ0n) is 12.5. The molecule has 0 saturated heterocycles. The number of hydrogen-bond donors (Lipinski definition) is 2. The van der Waals surface area contributed by atoms with E-state index in [0.29, 0.717) is 19.3 Å². The molecule has 1 amide bonds. The Morgan fingerprint density at radius 2 is 1.91 bits per heavy atom. The number of amides is 1. The summed E-state index contributed by atoms with van der Waals surface area (Å²) in [6, 6.07) is 9.51. The van der Waals surface area contributed by atoms with E-state index in [1.54, 1.807) is 0 Å². The number of carboxylic acid groups (broad SMARTS) is 1. The van der Waals surface area contributed by atoms with Crippen LogP contribution in [0, 0.1) is 5.41 Å². The molecular formula is C17H21NO4. The van der Waals surface area contributed by atoms with Crippen LogP contribution in [0.1, 0.15) is 44.1 Å². The lowest BCUT2D eigenvalue weighted by Gasteiger charge is -2.37. The summed E-state index contributed by atoms with van der Waals surface area (Å²) < 4.78 is 5.27. The van der Waals surface area contributed by atoms with Crippen molar-refractivity contribution in [2.24, 2.45) is 5.41 Å². The van der Waals surface area contributed by atoms with Gasteiger partial charge in [0, 0.05) is 5.54 Å². The molecule has 1 aromatic carbocycles. The van der Waals surface area contributed by atoms with Crippen LogP contribution in [0.4, 0.5) is 4.79 Å². The highest BCUT2D eigenvalue weighted by molar-refractivity contribution is 5.76. The minimum Gasteiger partial charge on any atom is -0.481 e. The predicted molar refractivity (Wildman–Crippen MR) is 80.3 cm³/mol. The zero-order valence-corrected chi connectivity index (χ0v) is 12.5. The van der Waals surface area contributed by atoms with E-state index in [1.165, 1.54) is 0 Å². The number of ether oxygens (including phenoxy) is 1. The van der Waals surface area contributed by atoms with E-state index < -0.39 is 23.0 Å². The molecule has 5 heteroatoms. The van der Waals surface area contributed by atoms with Gasteiger partial charge in [0.05, 0.1) is 5.41 Å². The molecule has 22 heavy (non-hydrogen) atoms. The molecule has 2 saturated carbocycles. The second-order valence-corrected chi connectivity index (χ2v) is 6.58. The van der Waals surface area contributed by atoms with Gasteiger partial charge in [-0.15, -0.1) is 0 Å². The Morgan fingerprint density at radius 1 is 1.14 bits per heavy atom. The minimum atomic E-state index is -0.728. The van der Waals surface area contributed by atoms with Crippen molar-refractivity contribution in [1.29, 1.82) is 0 Å². The Hall–Kier alpha value is -2.04. The number of benzene rings is 1. The van der Waals surface area contributed by atoms with Gasteiger partial charge in [-0.3, -0.25) is 4.79 Å². The van der Waals surface area contributed by atoms with Crippen molar-refractivity contribution in [3.05, 3.63) is 35.9 Å². The number of nitrogens with one attached hydrogen (secondary N) is 1. The fourth-order valence-corrected chi connectivity index (χ4v) is 3.93. The van der Waals surface area contributed by atoms with Crippen LogP contribution < -0.4 is 5.32 Å². The van der Waals surface area contributed by atoms with Gasteiger partial charge in [0.2, 0.25) is 0 Å². The molecule has 5 nitrogen and oxygen atoms in total. The number of aliphatic carboxylic acids is 1. The van der Waals surface area contributed by atoms with Crippen LogP contribution >= 0.6 is 0 Å². The van der Waals surface area contributed by atoms with Crippen molar-refractivity contribution in [2.75, 3.05) is 0 Å². The van der Waals surface area contributed by atoms with E-state index >= 15 is 0 Å². The Labute approximate surface area is 129 Å². The number of carbonyl (C=O) groups is 2. The molecule has 2 N–H and O–H groups in total.